The number of hydrogen-bond donors (Lipinski definition) is 2. The van der Waals surface area contributed by atoms with E-state index in [0.717, 1.165) is 66.1 Å². The zero-order valence-corrected chi connectivity index (χ0v) is 22.7. The number of nitrogens with two attached hydrogens (primary N) is 1. The van der Waals surface area contributed by atoms with E-state index in [9.17, 15) is 4.79 Å². The third-order valence-electron chi connectivity index (χ3n) is 8.26. The maximum atomic E-state index is 11.6. The Balaban J connectivity index is 1.15. The fourth-order valence-electron chi connectivity index (χ4n) is 6.39. The predicted octanol–water partition coefficient (Wildman–Crippen LogP) is 5.00. The summed E-state index contributed by atoms with van der Waals surface area (Å²) in [4.78, 5) is 28.3. The molecule has 3 N–H and O–H groups in total. The lowest BCUT2D eigenvalue weighted by atomic mass is 9.60. The molecule has 8 heteroatoms. The molecule has 0 atom stereocenters. The molecule has 41 heavy (non-hydrogen) atoms. The van der Waals surface area contributed by atoms with Crippen LogP contribution in [0.25, 0.3) is 39.5 Å². The first kappa shape index (κ1) is 25.2. The van der Waals surface area contributed by atoms with Crippen LogP contribution in [0.5, 0.6) is 0 Å². The third-order valence-corrected chi connectivity index (χ3v) is 8.26. The maximum absolute atomic E-state index is 11.6. The molecule has 4 heterocycles. The van der Waals surface area contributed by atoms with Crippen molar-refractivity contribution < 1.29 is 4.79 Å². The summed E-state index contributed by atoms with van der Waals surface area (Å²) in [6.45, 7) is 6.57. The second-order valence-corrected chi connectivity index (χ2v) is 11.2. The Morgan fingerprint density at radius 3 is 2.51 bits per heavy atom. The minimum Gasteiger partial charge on any atom is -0.383 e. The van der Waals surface area contributed by atoms with Gasteiger partial charge in [-0.15, -0.1) is 0 Å². The summed E-state index contributed by atoms with van der Waals surface area (Å²) < 4.78 is 2.07. The van der Waals surface area contributed by atoms with Crippen molar-refractivity contribution in [2.24, 2.45) is 5.41 Å². The van der Waals surface area contributed by atoms with Gasteiger partial charge in [0.2, 0.25) is 5.91 Å². The van der Waals surface area contributed by atoms with Crippen molar-refractivity contribution in [3.05, 3.63) is 103 Å². The number of fused-ring (bicyclic) bond motifs is 1. The number of hydrogen-bond acceptors (Lipinski definition) is 6. The first-order valence-corrected chi connectivity index (χ1v) is 13.9. The number of carbonyl (C=O) groups is 1. The molecular formula is C33H31N7O. The summed E-state index contributed by atoms with van der Waals surface area (Å²) >= 11 is 0. The topological polar surface area (TPSA) is 102 Å². The van der Waals surface area contributed by atoms with Crippen molar-refractivity contribution in [1.82, 2.24) is 29.7 Å². The van der Waals surface area contributed by atoms with Crippen LogP contribution in [0.1, 0.15) is 18.4 Å². The van der Waals surface area contributed by atoms with E-state index in [-0.39, 0.29) is 11.9 Å². The van der Waals surface area contributed by atoms with Crippen LogP contribution in [0.3, 0.4) is 0 Å². The van der Waals surface area contributed by atoms with E-state index in [1.807, 2.05) is 42.5 Å². The van der Waals surface area contributed by atoms with Crippen LogP contribution in [0.4, 0.5) is 5.82 Å². The Hall–Kier alpha value is -4.82. The molecule has 2 aliphatic rings. The Morgan fingerprint density at radius 1 is 1.00 bits per heavy atom. The molecule has 5 aromatic rings. The van der Waals surface area contributed by atoms with Crippen LogP contribution in [0.15, 0.2) is 97.7 Å². The highest BCUT2D eigenvalue weighted by Crippen LogP contribution is 2.48. The van der Waals surface area contributed by atoms with Gasteiger partial charge >= 0.3 is 0 Å². The largest absolute Gasteiger partial charge is 0.383 e. The van der Waals surface area contributed by atoms with Crippen molar-refractivity contribution in [2.75, 3.05) is 18.8 Å². The smallest absolute Gasteiger partial charge is 0.243 e. The van der Waals surface area contributed by atoms with Crippen LogP contribution in [0, 0.1) is 5.41 Å². The molecule has 3 aromatic heterocycles. The number of benzene rings is 2. The number of imidazole rings is 1. The minimum absolute atomic E-state index is 0.0762. The molecule has 7 rings (SSSR count). The summed E-state index contributed by atoms with van der Waals surface area (Å²) in [7, 11) is 0. The first-order chi connectivity index (χ1) is 20.0. The number of nitrogens with one attached hydrogen (secondary N) is 1. The Bertz CT molecular complexity index is 1750. The molecule has 0 bridgehead atoms. The molecule has 1 aliphatic carbocycles. The molecule has 204 valence electrons. The summed E-state index contributed by atoms with van der Waals surface area (Å²) in [5, 5.41) is 3.02. The van der Waals surface area contributed by atoms with Gasteiger partial charge < -0.3 is 11.1 Å². The van der Waals surface area contributed by atoms with Crippen molar-refractivity contribution in [2.45, 2.75) is 25.4 Å². The van der Waals surface area contributed by atoms with Crippen LogP contribution in [0.2, 0.25) is 0 Å². The van der Waals surface area contributed by atoms with E-state index in [1.54, 1.807) is 6.20 Å². The summed E-state index contributed by atoms with van der Waals surface area (Å²) in [5.74, 6) is 1.06. The number of pyridine rings is 2. The fraction of sp³-hybridized carbons (Fsp3) is 0.212. The van der Waals surface area contributed by atoms with E-state index in [1.165, 1.54) is 11.6 Å². The van der Waals surface area contributed by atoms with Gasteiger partial charge in [0.1, 0.15) is 11.3 Å². The molecule has 0 unspecified atom stereocenters. The average molecular weight is 542 g/mol. The molecule has 1 spiro atoms. The zero-order valence-electron chi connectivity index (χ0n) is 22.7. The van der Waals surface area contributed by atoms with E-state index in [4.69, 9.17) is 15.7 Å². The van der Waals surface area contributed by atoms with Crippen molar-refractivity contribution >= 4 is 22.9 Å². The van der Waals surface area contributed by atoms with Crippen LogP contribution in [-0.2, 0) is 11.3 Å². The first-order valence-electron chi connectivity index (χ1n) is 13.9. The summed E-state index contributed by atoms with van der Waals surface area (Å²) in [6.07, 6.45) is 5.14. The normalized spacial score (nSPS) is 16.3. The highest BCUT2D eigenvalue weighted by Gasteiger charge is 2.52. The van der Waals surface area contributed by atoms with Crippen LogP contribution >= 0.6 is 0 Å². The lowest BCUT2D eigenvalue weighted by Gasteiger charge is -2.59. The van der Waals surface area contributed by atoms with Gasteiger partial charge in [0.05, 0.1) is 11.3 Å². The predicted molar refractivity (Wildman–Crippen MR) is 161 cm³/mol. The molecule has 2 fully saturated rings. The van der Waals surface area contributed by atoms with Gasteiger partial charge in [-0.1, -0.05) is 49.0 Å². The molecule has 8 nitrogen and oxygen atoms in total. The van der Waals surface area contributed by atoms with E-state index >= 15 is 0 Å². The number of nitrogen functional groups attached to an aromatic ring is 1. The van der Waals surface area contributed by atoms with Crippen LogP contribution in [-0.4, -0.2) is 49.5 Å². The van der Waals surface area contributed by atoms with Crippen molar-refractivity contribution in [3.8, 4) is 28.3 Å². The standard InChI is InChI=1S/C33H31N7O/c1-2-29(41)36-24-17-33(18-24)20-39(21-33)19-22-10-12-25(13-11-22)40-31(26-9-6-16-35-30(26)34)38-28-15-14-27(37-32(28)40)23-7-4-3-5-8-23/h2-16,24H,1,17-21H2,(H2,34,35)(H,36,41). The monoisotopic (exact) mass is 541 g/mol. The third kappa shape index (κ3) is 4.66. The number of aromatic nitrogens is 4. The van der Waals surface area contributed by atoms with Gasteiger partial charge in [-0.3, -0.25) is 14.3 Å². The Morgan fingerprint density at radius 2 is 1.78 bits per heavy atom. The molecule has 2 aromatic carbocycles. The van der Waals surface area contributed by atoms with Gasteiger partial charge in [0.15, 0.2) is 11.5 Å². The van der Waals surface area contributed by atoms with Gasteiger partial charge in [0, 0.05) is 43.1 Å². The second kappa shape index (κ2) is 9.98. The quantitative estimate of drug-likeness (QED) is 0.281. The number of likely N-dealkylation sites (tertiary alicyclic amines) is 1. The summed E-state index contributed by atoms with van der Waals surface area (Å²) in [5.41, 5.74) is 13.1. The number of amides is 1. The van der Waals surface area contributed by atoms with Crippen molar-refractivity contribution in [3.63, 3.8) is 0 Å². The average Bonchev–Trinajstić information content (AvgIpc) is 3.34. The molecule has 1 aliphatic heterocycles. The summed E-state index contributed by atoms with van der Waals surface area (Å²) in [6, 6.07) is 26.9. The van der Waals surface area contributed by atoms with Gasteiger partial charge in [0.25, 0.3) is 0 Å². The zero-order chi connectivity index (χ0) is 28.0. The fourth-order valence-corrected chi connectivity index (χ4v) is 6.39. The second-order valence-electron chi connectivity index (χ2n) is 11.2. The highest BCUT2D eigenvalue weighted by molar-refractivity contribution is 5.87. The minimum atomic E-state index is -0.0762. The molecule has 1 saturated heterocycles. The van der Waals surface area contributed by atoms with Gasteiger partial charge in [-0.05, 0) is 66.3 Å². The Kier molecular flexibility index (Phi) is 6.12. The van der Waals surface area contributed by atoms with Gasteiger partial charge in [-0.25, -0.2) is 15.0 Å². The number of rotatable bonds is 7. The van der Waals surface area contributed by atoms with Crippen molar-refractivity contribution in [1.29, 1.82) is 0 Å². The van der Waals surface area contributed by atoms with Crippen LogP contribution < -0.4 is 11.1 Å². The Labute approximate surface area is 238 Å². The SMILES string of the molecule is C=CC(=O)NC1CC2(C1)CN(Cc1ccc(-n3c(-c4cccnc4N)nc4ccc(-c5ccccc5)nc43)cc1)C2. The lowest BCUT2D eigenvalue weighted by Crippen LogP contribution is -2.65. The number of nitrogens with zero attached hydrogens (tertiary/aromatic N) is 5. The lowest BCUT2D eigenvalue weighted by molar-refractivity contribution is -0.123. The highest BCUT2D eigenvalue weighted by atomic mass is 16.1. The molecule has 1 saturated carbocycles. The number of anilines is 1. The molecular weight excluding hydrogens is 510 g/mol. The van der Waals surface area contributed by atoms with Gasteiger partial charge in [-0.2, -0.15) is 0 Å². The molecule has 0 radical (unpaired) electrons. The van der Waals surface area contributed by atoms with E-state index < -0.39 is 0 Å². The van der Waals surface area contributed by atoms with E-state index in [2.05, 4.69) is 62.7 Å². The van der Waals surface area contributed by atoms with E-state index in [0.29, 0.717) is 17.1 Å². The maximum Gasteiger partial charge on any atom is 0.243 e. The number of carbonyl (C=O) groups excluding carboxylic acids is 1. The molecule has 1 amide bonds.